The highest BCUT2D eigenvalue weighted by atomic mass is 16.4. The Labute approximate surface area is 240 Å². The van der Waals surface area contributed by atoms with Gasteiger partial charge in [0, 0.05) is 57.3 Å². The molecule has 3 heterocycles. The van der Waals surface area contributed by atoms with Crippen molar-refractivity contribution in [3.8, 4) is 0 Å². The highest BCUT2D eigenvalue weighted by Crippen LogP contribution is 2.50. The molecule has 4 aliphatic rings. The fraction of sp³-hybridized carbons (Fsp3) is 0.567. The summed E-state index contributed by atoms with van der Waals surface area (Å²) in [7, 11) is 0. The van der Waals surface area contributed by atoms with Gasteiger partial charge in [0.05, 0.1) is 6.10 Å². The van der Waals surface area contributed by atoms with Gasteiger partial charge in [-0.3, -0.25) is 14.5 Å². The van der Waals surface area contributed by atoms with Crippen molar-refractivity contribution in [2.75, 3.05) is 38.0 Å². The van der Waals surface area contributed by atoms with Crippen LogP contribution in [0.2, 0.25) is 0 Å². The van der Waals surface area contributed by atoms with Crippen LogP contribution in [0.5, 0.6) is 0 Å². The van der Waals surface area contributed by atoms with Crippen molar-refractivity contribution in [3.63, 3.8) is 0 Å². The van der Waals surface area contributed by atoms with E-state index >= 15 is 0 Å². The van der Waals surface area contributed by atoms with Gasteiger partial charge in [-0.2, -0.15) is 0 Å². The molecule has 2 saturated carbocycles. The summed E-state index contributed by atoms with van der Waals surface area (Å²) < 4.78 is 0. The summed E-state index contributed by atoms with van der Waals surface area (Å²) in [6.45, 7) is 3.72. The third-order valence-electron chi connectivity index (χ3n) is 9.19. The van der Waals surface area contributed by atoms with Crippen LogP contribution in [0.4, 0.5) is 5.82 Å². The molecule has 1 saturated heterocycles. The Balaban J connectivity index is 0.930. The first-order valence-electron chi connectivity index (χ1n) is 14.8. The van der Waals surface area contributed by atoms with Gasteiger partial charge in [0.25, 0.3) is 11.8 Å². The molecule has 2 aliphatic heterocycles. The highest BCUT2D eigenvalue weighted by Gasteiger charge is 2.47. The maximum Gasteiger partial charge on any atom is 0.271 e. The van der Waals surface area contributed by atoms with Gasteiger partial charge in [-0.15, -0.1) is 0 Å². The van der Waals surface area contributed by atoms with Crippen molar-refractivity contribution < 1.29 is 19.9 Å². The second-order valence-corrected chi connectivity index (χ2v) is 12.2. The topological polar surface area (TPSA) is 143 Å². The minimum atomic E-state index is -0.673. The number of hydrogen-bond acceptors (Lipinski definition) is 9. The van der Waals surface area contributed by atoms with E-state index in [0.29, 0.717) is 31.2 Å². The van der Waals surface area contributed by atoms with Crippen LogP contribution in [-0.2, 0) is 17.8 Å². The van der Waals surface area contributed by atoms with Crippen LogP contribution >= 0.6 is 0 Å². The lowest BCUT2D eigenvalue weighted by atomic mass is 9.60. The van der Waals surface area contributed by atoms with Crippen LogP contribution in [0.3, 0.4) is 0 Å². The van der Waals surface area contributed by atoms with E-state index in [1.165, 1.54) is 17.5 Å². The molecule has 0 radical (unpaired) electrons. The van der Waals surface area contributed by atoms with Crippen molar-refractivity contribution in [2.24, 2.45) is 16.5 Å². The number of carbonyl (C=O) groups is 2. The van der Waals surface area contributed by atoms with Crippen molar-refractivity contribution in [1.82, 2.24) is 25.1 Å². The first-order chi connectivity index (χ1) is 19.9. The summed E-state index contributed by atoms with van der Waals surface area (Å²) in [6.07, 6.45) is 7.37. The van der Waals surface area contributed by atoms with Gasteiger partial charge in [0.1, 0.15) is 23.6 Å². The molecule has 2 amide bonds. The zero-order valence-electron chi connectivity index (χ0n) is 23.3. The standard InChI is InChI=1S/C30H39N7O4/c38-24(18-36-10-7-20-3-1-2-4-22(20)17-36)16-31-28(39)25-13-26(33-19-32-25)34-23-14-30(15-23)8-11-37(12-9-30)29(40)27(35-41)21-5-6-21/h1-4,13,19,21,23-24,38,41H,5-12,14-18H2,(H,31,39)(H,32,33,34)/b35-27-/t24-/m0/s1. The van der Waals surface area contributed by atoms with Crippen molar-refractivity contribution in [3.05, 3.63) is 53.5 Å². The molecule has 1 spiro atoms. The minimum Gasteiger partial charge on any atom is -0.410 e. The quantitative estimate of drug-likeness (QED) is 0.207. The van der Waals surface area contributed by atoms with Crippen LogP contribution in [0.25, 0.3) is 0 Å². The first-order valence-corrected chi connectivity index (χ1v) is 14.8. The number of amides is 2. The zero-order chi connectivity index (χ0) is 28.4. The number of piperidine rings is 1. The Morgan fingerprint density at radius 2 is 1.85 bits per heavy atom. The third-order valence-corrected chi connectivity index (χ3v) is 9.19. The number of fused-ring (bicyclic) bond motifs is 1. The minimum absolute atomic E-state index is 0.115. The van der Waals surface area contributed by atoms with Gasteiger partial charge in [-0.1, -0.05) is 29.4 Å². The molecule has 2 aromatic rings. The summed E-state index contributed by atoms with van der Waals surface area (Å²) in [5.41, 5.74) is 3.46. The summed E-state index contributed by atoms with van der Waals surface area (Å²) in [6, 6.07) is 10.3. The maximum atomic E-state index is 12.8. The molecule has 3 fully saturated rings. The van der Waals surface area contributed by atoms with E-state index in [1.54, 1.807) is 6.07 Å². The van der Waals surface area contributed by atoms with Crippen molar-refractivity contribution in [2.45, 2.75) is 63.6 Å². The molecule has 1 aromatic heterocycles. The number of anilines is 1. The number of benzene rings is 1. The van der Waals surface area contributed by atoms with Gasteiger partial charge in [-0.05, 0) is 61.5 Å². The molecule has 1 aromatic carbocycles. The Bertz CT molecular complexity index is 1300. The van der Waals surface area contributed by atoms with E-state index in [-0.39, 0.29) is 41.4 Å². The maximum absolute atomic E-state index is 12.8. The van der Waals surface area contributed by atoms with E-state index in [2.05, 4.69) is 48.9 Å². The molecule has 11 heteroatoms. The number of nitrogens with zero attached hydrogens (tertiary/aromatic N) is 5. The summed E-state index contributed by atoms with van der Waals surface area (Å²) >= 11 is 0. The molecular formula is C30H39N7O4. The average molecular weight is 562 g/mol. The first kappa shape index (κ1) is 27.6. The van der Waals surface area contributed by atoms with Crippen LogP contribution in [-0.4, -0.2) is 92.5 Å². The molecule has 2 aliphatic carbocycles. The molecule has 0 bridgehead atoms. The van der Waals surface area contributed by atoms with E-state index in [4.69, 9.17) is 0 Å². The Morgan fingerprint density at radius 3 is 2.59 bits per heavy atom. The fourth-order valence-corrected chi connectivity index (χ4v) is 6.64. The van der Waals surface area contributed by atoms with Gasteiger partial charge in [0.2, 0.25) is 0 Å². The molecular weight excluding hydrogens is 522 g/mol. The lowest BCUT2D eigenvalue weighted by Crippen LogP contribution is -2.53. The predicted molar refractivity (Wildman–Crippen MR) is 153 cm³/mol. The van der Waals surface area contributed by atoms with Crippen LogP contribution in [0.1, 0.15) is 60.1 Å². The largest absolute Gasteiger partial charge is 0.410 e. The summed E-state index contributed by atoms with van der Waals surface area (Å²) in [5, 5.41) is 29.3. The SMILES string of the molecule is O=C(NC[C@H](O)CN1CCc2ccccc2C1)c1cc(NC2CC3(CCN(C(=O)/C(=N\O)C4CC4)CC3)C2)ncn1. The molecule has 1 atom stereocenters. The predicted octanol–water partition coefficient (Wildman–Crippen LogP) is 2.05. The van der Waals surface area contributed by atoms with E-state index in [1.807, 2.05) is 11.0 Å². The molecule has 41 heavy (non-hydrogen) atoms. The summed E-state index contributed by atoms with van der Waals surface area (Å²) in [5.74, 6) is 0.287. The lowest BCUT2D eigenvalue weighted by molar-refractivity contribution is -0.127. The van der Waals surface area contributed by atoms with E-state index in [0.717, 1.165) is 58.0 Å². The van der Waals surface area contributed by atoms with Gasteiger partial charge >= 0.3 is 0 Å². The zero-order valence-corrected chi connectivity index (χ0v) is 23.3. The number of carbonyl (C=O) groups excluding carboxylic acids is 2. The molecule has 0 unspecified atom stereocenters. The van der Waals surface area contributed by atoms with Gasteiger partial charge < -0.3 is 25.8 Å². The van der Waals surface area contributed by atoms with E-state index in [9.17, 15) is 19.9 Å². The van der Waals surface area contributed by atoms with Crippen LogP contribution in [0, 0.1) is 11.3 Å². The van der Waals surface area contributed by atoms with Crippen LogP contribution in [0.15, 0.2) is 41.8 Å². The number of likely N-dealkylation sites (tertiary alicyclic amines) is 1. The second-order valence-electron chi connectivity index (χ2n) is 12.2. The Hall–Kier alpha value is -3.57. The molecule has 11 nitrogen and oxygen atoms in total. The average Bonchev–Trinajstić information content (AvgIpc) is 3.81. The molecule has 6 rings (SSSR count). The number of aliphatic hydroxyl groups excluding tert-OH is 1. The number of aliphatic hydroxyl groups is 1. The Morgan fingerprint density at radius 1 is 1.10 bits per heavy atom. The number of hydrogen-bond donors (Lipinski definition) is 4. The smallest absolute Gasteiger partial charge is 0.271 e. The van der Waals surface area contributed by atoms with Gasteiger partial charge in [-0.25, -0.2) is 9.97 Å². The number of β-amino-alcohol motifs (C(OH)–C–C–N with tert-alkyl or cyclic N) is 1. The number of rotatable bonds is 9. The van der Waals surface area contributed by atoms with Crippen LogP contribution < -0.4 is 10.6 Å². The number of aromatic nitrogens is 2. The van der Waals surface area contributed by atoms with E-state index < -0.39 is 6.10 Å². The van der Waals surface area contributed by atoms with Crippen molar-refractivity contribution in [1.29, 1.82) is 0 Å². The molecule has 218 valence electrons. The normalized spacial score (nSPS) is 21.6. The number of oxime groups is 1. The Kier molecular flexibility index (Phi) is 7.90. The molecule has 4 N–H and O–H groups in total. The second kappa shape index (κ2) is 11.7. The highest BCUT2D eigenvalue weighted by molar-refractivity contribution is 6.40. The van der Waals surface area contributed by atoms with Crippen molar-refractivity contribution >= 4 is 23.3 Å². The summed E-state index contributed by atoms with van der Waals surface area (Å²) in [4.78, 5) is 37.9. The fourth-order valence-electron chi connectivity index (χ4n) is 6.64. The number of nitrogens with one attached hydrogen (secondary N) is 2. The van der Waals surface area contributed by atoms with Gasteiger partial charge in [0.15, 0.2) is 0 Å². The monoisotopic (exact) mass is 561 g/mol. The third kappa shape index (κ3) is 6.36. The lowest BCUT2D eigenvalue weighted by Gasteiger charge is -2.52.